The number of hydrogen-bond acceptors (Lipinski definition) is 3. The molecule has 28 heavy (non-hydrogen) atoms. The molecule has 0 radical (unpaired) electrons. The van der Waals surface area contributed by atoms with Crippen molar-refractivity contribution in [2.45, 2.75) is 17.9 Å². The van der Waals surface area contributed by atoms with E-state index in [2.05, 4.69) is 46.8 Å². The van der Waals surface area contributed by atoms with Gasteiger partial charge < -0.3 is 15.2 Å². The van der Waals surface area contributed by atoms with Gasteiger partial charge in [-0.3, -0.25) is 0 Å². The summed E-state index contributed by atoms with van der Waals surface area (Å²) in [6.07, 6.45) is 3.58. The highest BCUT2D eigenvalue weighted by Crippen LogP contribution is 2.22. The molecule has 2 N–H and O–H groups in total. The first-order chi connectivity index (χ1) is 13.5. The van der Waals surface area contributed by atoms with Crippen molar-refractivity contribution in [2.75, 3.05) is 12.3 Å². The number of halogens is 1. The normalized spacial score (nSPS) is 11.8. The maximum atomic E-state index is 12.5. The van der Waals surface area contributed by atoms with Crippen LogP contribution in [0.4, 0.5) is 4.79 Å². The van der Waals surface area contributed by atoms with Gasteiger partial charge in [0.25, 0.3) is 0 Å². The lowest BCUT2D eigenvalue weighted by Gasteiger charge is -2.19. The molecule has 3 rings (SSSR count). The second kappa shape index (κ2) is 9.66. The minimum absolute atomic E-state index is 0.229. The number of benzene rings is 2. The fourth-order valence-corrected chi connectivity index (χ4v) is 3.65. The van der Waals surface area contributed by atoms with Crippen LogP contribution in [0.15, 0.2) is 65.8 Å². The van der Waals surface area contributed by atoms with Gasteiger partial charge in [-0.05, 0) is 36.8 Å². The van der Waals surface area contributed by atoms with Gasteiger partial charge in [-0.1, -0.05) is 41.4 Å². The summed E-state index contributed by atoms with van der Waals surface area (Å²) < 4.78 is 1.90. The van der Waals surface area contributed by atoms with E-state index < -0.39 is 0 Å². The predicted octanol–water partition coefficient (Wildman–Crippen LogP) is 4.56. The number of carbonyl (C=O) groups excluding carboxylic acids is 1. The summed E-state index contributed by atoms with van der Waals surface area (Å²) in [5.41, 5.74) is 2.16. The number of aryl methyl sites for hydroxylation is 2. The zero-order chi connectivity index (χ0) is 19.9. The first-order valence-corrected chi connectivity index (χ1v) is 10.4. The summed E-state index contributed by atoms with van der Waals surface area (Å²) >= 11 is 7.71. The van der Waals surface area contributed by atoms with Crippen molar-refractivity contribution >= 4 is 29.4 Å². The topological polar surface area (TPSA) is 59.0 Å². The van der Waals surface area contributed by atoms with E-state index in [1.807, 2.05) is 42.1 Å². The van der Waals surface area contributed by atoms with Gasteiger partial charge in [0, 0.05) is 41.7 Å². The van der Waals surface area contributed by atoms with E-state index in [-0.39, 0.29) is 12.1 Å². The number of thioether (sulfide) groups is 1. The zero-order valence-corrected chi connectivity index (χ0v) is 17.4. The first-order valence-electron chi connectivity index (χ1n) is 8.99. The Morgan fingerprint density at radius 1 is 1.18 bits per heavy atom. The third-order valence-corrected chi connectivity index (χ3v) is 5.54. The van der Waals surface area contributed by atoms with E-state index in [1.165, 1.54) is 10.5 Å². The molecule has 2 amide bonds. The minimum atomic E-state index is -0.359. The maximum absolute atomic E-state index is 12.5. The van der Waals surface area contributed by atoms with Crippen molar-refractivity contribution in [1.29, 1.82) is 0 Å². The molecule has 1 atom stereocenters. The molecule has 0 saturated heterocycles. The second-order valence-corrected chi connectivity index (χ2v) is 8.05. The monoisotopic (exact) mass is 414 g/mol. The zero-order valence-electron chi connectivity index (χ0n) is 15.9. The Morgan fingerprint density at radius 3 is 2.54 bits per heavy atom. The summed E-state index contributed by atoms with van der Waals surface area (Å²) in [4.78, 5) is 18.1. The molecule has 7 heteroatoms. The number of hydrogen-bond donors (Lipinski definition) is 2. The molecule has 0 spiro atoms. The Bertz CT molecular complexity index is 909. The quantitative estimate of drug-likeness (QED) is 0.440. The number of imidazole rings is 1. The molecule has 2 aromatic carbocycles. The van der Waals surface area contributed by atoms with Gasteiger partial charge >= 0.3 is 6.03 Å². The number of carbonyl (C=O) groups is 1. The predicted molar refractivity (Wildman–Crippen MR) is 115 cm³/mol. The van der Waals surface area contributed by atoms with E-state index in [0.717, 1.165) is 17.1 Å². The van der Waals surface area contributed by atoms with Crippen LogP contribution in [0, 0.1) is 6.92 Å². The van der Waals surface area contributed by atoms with Crippen LogP contribution in [-0.2, 0) is 7.05 Å². The van der Waals surface area contributed by atoms with Gasteiger partial charge in [-0.2, -0.15) is 0 Å². The van der Waals surface area contributed by atoms with E-state index in [1.54, 1.807) is 18.0 Å². The lowest BCUT2D eigenvalue weighted by molar-refractivity contribution is 0.238. The lowest BCUT2D eigenvalue weighted by atomic mass is 10.1. The molecule has 0 aliphatic carbocycles. The number of nitrogens with one attached hydrogen (secondary N) is 2. The van der Waals surface area contributed by atoms with E-state index >= 15 is 0 Å². The van der Waals surface area contributed by atoms with Gasteiger partial charge in [-0.25, -0.2) is 9.78 Å². The summed E-state index contributed by atoms with van der Waals surface area (Å²) in [5, 5.41) is 6.59. The van der Waals surface area contributed by atoms with Crippen molar-refractivity contribution in [2.24, 2.45) is 7.05 Å². The van der Waals surface area contributed by atoms with Gasteiger partial charge in [0.15, 0.2) is 0 Å². The highest BCUT2D eigenvalue weighted by Gasteiger charge is 2.20. The van der Waals surface area contributed by atoms with Crippen molar-refractivity contribution in [3.05, 3.63) is 82.9 Å². The fraction of sp³-hybridized carbons (Fsp3) is 0.238. The van der Waals surface area contributed by atoms with E-state index in [0.29, 0.717) is 11.6 Å². The molecule has 3 aromatic rings. The maximum Gasteiger partial charge on any atom is 0.315 e. The van der Waals surface area contributed by atoms with Crippen LogP contribution in [0.2, 0.25) is 5.02 Å². The van der Waals surface area contributed by atoms with Crippen molar-refractivity contribution < 1.29 is 4.79 Å². The number of nitrogens with zero attached hydrogens (tertiary/aromatic N) is 2. The molecule has 146 valence electrons. The second-order valence-electron chi connectivity index (χ2n) is 6.44. The number of rotatable bonds is 7. The summed E-state index contributed by atoms with van der Waals surface area (Å²) in [5.74, 6) is 1.55. The summed E-state index contributed by atoms with van der Waals surface area (Å²) in [6.45, 7) is 2.64. The van der Waals surface area contributed by atoms with Gasteiger partial charge in [0.2, 0.25) is 0 Å². The molecule has 0 aliphatic rings. The molecule has 0 bridgehead atoms. The minimum Gasteiger partial charge on any atom is -0.337 e. The summed E-state index contributed by atoms with van der Waals surface area (Å²) in [7, 11) is 1.91. The third kappa shape index (κ3) is 5.53. The van der Waals surface area contributed by atoms with Gasteiger partial charge in [-0.15, -0.1) is 11.8 Å². The highest BCUT2D eigenvalue weighted by atomic mass is 35.5. The van der Waals surface area contributed by atoms with Crippen LogP contribution in [0.3, 0.4) is 0 Å². The van der Waals surface area contributed by atoms with E-state index in [4.69, 9.17) is 11.6 Å². The molecule has 1 aromatic heterocycles. The summed E-state index contributed by atoms with van der Waals surface area (Å²) in [6, 6.07) is 15.2. The van der Waals surface area contributed by atoms with Gasteiger partial charge in [0.1, 0.15) is 11.9 Å². The molecule has 0 aliphatic heterocycles. The molecule has 5 nitrogen and oxygen atoms in total. The van der Waals surface area contributed by atoms with Crippen molar-refractivity contribution in [3.63, 3.8) is 0 Å². The SMILES string of the molecule is Cc1ccc(SCCNC(=O)N[C@@H](c2ccc(Cl)cc2)c2nccn2C)cc1. The van der Waals surface area contributed by atoms with Gasteiger partial charge in [0.05, 0.1) is 0 Å². The molecule has 0 saturated carbocycles. The third-order valence-electron chi connectivity index (χ3n) is 4.27. The standard InChI is InChI=1S/C21H23ClN4OS/c1-15-3-9-18(10-4-15)28-14-12-24-21(27)25-19(20-23-11-13-26(20)2)16-5-7-17(22)8-6-16/h3-11,13,19H,12,14H2,1-2H3,(H2,24,25,27)/t19-/m0/s1. The van der Waals surface area contributed by atoms with Crippen LogP contribution in [-0.4, -0.2) is 27.9 Å². The Balaban J connectivity index is 1.57. The average molecular weight is 415 g/mol. The number of amides is 2. The van der Waals surface area contributed by atoms with Crippen LogP contribution < -0.4 is 10.6 Å². The molecule has 0 unspecified atom stereocenters. The lowest BCUT2D eigenvalue weighted by Crippen LogP contribution is -2.40. The molecular weight excluding hydrogens is 392 g/mol. The highest BCUT2D eigenvalue weighted by molar-refractivity contribution is 7.99. The van der Waals surface area contributed by atoms with Crippen LogP contribution in [0.5, 0.6) is 0 Å². The number of aromatic nitrogens is 2. The van der Waals surface area contributed by atoms with Crippen LogP contribution >= 0.6 is 23.4 Å². The van der Waals surface area contributed by atoms with E-state index in [9.17, 15) is 4.79 Å². The Kier molecular flexibility index (Phi) is 7.01. The Hall–Kier alpha value is -2.44. The average Bonchev–Trinajstić information content (AvgIpc) is 3.11. The fourth-order valence-electron chi connectivity index (χ4n) is 2.76. The van der Waals surface area contributed by atoms with Crippen molar-refractivity contribution in [3.8, 4) is 0 Å². The molecular formula is C21H23ClN4OS. The number of urea groups is 1. The molecule has 1 heterocycles. The Morgan fingerprint density at radius 2 is 1.89 bits per heavy atom. The first kappa shape index (κ1) is 20.3. The van der Waals surface area contributed by atoms with Crippen LogP contribution in [0.1, 0.15) is 23.0 Å². The largest absolute Gasteiger partial charge is 0.337 e. The smallest absolute Gasteiger partial charge is 0.315 e. The molecule has 0 fully saturated rings. The Labute approximate surface area is 174 Å². The van der Waals surface area contributed by atoms with Crippen LogP contribution in [0.25, 0.3) is 0 Å². The van der Waals surface area contributed by atoms with Crippen molar-refractivity contribution in [1.82, 2.24) is 20.2 Å².